The Morgan fingerprint density at radius 2 is 1.71 bits per heavy atom. The van der Waals surface area contributed by atoms with Gasteiger partial charge in [-0.15, -0.1) is 5.10 Å². The van der Waals surface area contributed by atoms with E-state index < -0.39 is 0 Å². The summed E-state index contributed by atoms with van der Waals surface area (Å²) in [6.07, 6.45) is 6.24. The Bertz CT molecular complexity index is 763. The molecule has 0 atom stereocenters. The highest BCUT2D eigenvalue weighted by molar-refractivity contribution is 5.56. The summed E-state index contributed by atoms with van der Waals surface area (Å²) in [6.45, 7) is 0.844. The summed E-state index contributed by atoms with van der Waals surface area (Å²) >= 11 is 0. The normalized spacial score (nSPS) is 10.4. The maximum atomic E-state index is 4.63. The zero-order valence-electron chi connectivity index (χ0n) is 13.9. The second-order valence-corrected chi connectivity index (χ2v) is 5.54. The molecule has 0 unspecified atom stereocenters. The Morgan fingerprint density at radius 3 is 2.46 bits per heavy atom. The highest BCUT2D eigenvalue weighted by Crippen LogP contribution is 2.20. The minimum absolute atomic E-state index is 0.578. The predicted octanol–water partition coefficient (Wildman–Crippen LogP) is 2.71. The molecule has 0 bridgehead atoms. The summed E-state index contributed by atoms with van der Waals surface area (Å²) in [4.78, 5) is 12.7. The Balaban J connectivity index is 1.70. The molecular formula is C18H20N6. The van der Waals surface area contributed by atoms with Gasteiger partial charge in [-0.2, -0.15) is 10.1 Å². The van der Waals surface area contributed by atoms with Crippen LogP contribution in [0.15, 0.2) is 61.1 Å². The van der Waals surface area contributed by atoms with E-state index in [1.165, 1.54) is 5.56 Å². The maximum Gasteiger partial charge on any atom is 0.251 e. The first kappa shape index (κ1) is 15.9. The van der Waals surface area contributed by atoms with Crippen molar-refractivity contribution in [2.45, 2.75) is 6.42 Å². The Labute approximate surface area is 141 Å². The SMILES string of the molecule is CN(CCc1ccncc1)c1cnnc(N(C)c2ccccc2)n1. The third-order valence-electron chi connectivity index (χ3n) is 3.85. The zero-order valence-corrected chi connectivity index (χ0v) is 13.9. The first-order chi connectivity index (χ1) is 11.7. The van der Waals surface area contributed by atoms with Crippen LogP contribution in [0.5, 0.6) is 0 Å². The molecule has 3 rings (SSSR count). The lowest BCUT2D eigenvalue weighted by Crippen LogP contribution is -2.23. The standard InChI is InChI=1S/C18H20N6/c1-23(13-10-15-8-11-19-12-9-15)17-14-20-22-18(21-17)24(2)16-6-4-3-5-7-16/h3-9,11-12,14H,10,13H2,1-2H3. The van der Waals surface area contributed by atoms with Crippen molar-refractivity contribution >= 4 is 17.5 Å². The van der Waals surface area contributed by atoms with Crippen molar-refractivity contribution in [3.8, 4) is 0 Å². The van der Waals surface area contributed by atoms with E-state index in [0.717, 1.165) is 24.5 Å². The molecule has 6 nitrogen and oxygen atoms in total. The van der Waals surface area contributed by atoms with E-state index in [0.29, 0.717) is 5.95 Å². The molecule has 0 aliphatic heterocycles. The molecule has 6 heteroatoms. The number of hydrogen-bond acceptors (Lipinski definition) is 6. The summed E-state index contributed by atoms with van der Waals surface area (Å²) in [7, 11) is 3.95. The molecule has 0 N–H and O–H groups in total. The fraction of sp³-hybridized carbons (Fsp3) is 0.222. The topological polar surface area (TPSA) is 58.0 Å². The maximum absolute atomic E-state index is 4.63. The van der Waals surface area contributed by atoms with Gasteiger partial charge in [-0.3, -0.25) is 4.98 Å². The van der Waals surface area contributed by atoms with Crippen LogP contribution in [0.25, 0.3) is 0 Å². The largest absolute Gasteiger partial charge is 0.358 e. The van der Waals surface area contributed by atoms with Crippen molar-refractivity contribution in [3.05, 3.63) is 66.6 Å². The predicted molar refractivity (Wildman–Crippen MR) is 95.5 cm³/mol. The van der Waals surface area contributed by atoms with Crippen molar-refractivity contribution in [1.82, 2.24) is 20.2 Å². The molecule has 0 aliphatic carbocycles. The van der Waals surface area contributed by atoms with E-state index in [1.54, 1.807) is 6.20 Å². The van der Waals surface area contributed by atoms with Gasteiger partial charge in [-0.25, -0.2) is 0 Å². The van der Waals surface area contributed by atoms with E-state index >= 15 is 0 Å². The molecule has 0 spiro atoms. The Kier molecular flexibility index (Phi) is 4.96. The number of likely N-dealkylation sites (N-methyl/N-ethyl adjacent to an activating group) is 1. The third-order valence-corrected chi connectivity index (χ3v) is 3.85. The van der Waals surface area contributed by atoms with Gasteiger partial charge < -0.3 is 9.80 Å². The van der Waals surface area contributed by atoms with Gasteiger partial charge in [0.25, 0.3) is 5.95 Å². The monoisotopic (exact) mass is 320 g/mol. The number of pyridine rings is 1. The minimum Gasteiger partial charge on any atom is -0.358 e. The van der Waals surface area contributed by atoms with E-state index in [4.69, 9.17) is 0 Å². The lowest BCUT2D eigenvalue weighted by Gasteiger charge is -2.21. The lowest BCUT2D eigenvalue weighted by atomic mass is 10.2. The number of hydrogen-bond donors (Lipinski definition) is 0. The fourth-order valence-electron chi connectivity index (χ4n) is 2.34. The van der Waals surface area contributed by atoms with E-state index in [-0.39, 0.29) is 0 Å². The smallest absolute Gasteiger partial charge is 0.251 e. The number of anilines is 3. The second kappa shape index (κ2) is 7.50. The molecule has 1 aromatic carbocycles. The average molecular weight is 320 g/mol. The molecule has 3 aromatic rings. The molecule has 2 heterocycles. The minimum atomic E-state index is 0.578. The molecule has 0 aliphatic rings. The third kappa shape index (κ3) is 3.84. The first-order valence-electron chi connectivity index (χ1n) is 7.82. The van der Waals surface area contributed by atoms with Crippen molar-refractivity contribution in [2.24, 2.45) is 0 Å². The average Bonchev–Trinajstić information content (AvgIpc) is 2.67. The first-order valence-corrected chi connectivity index (χ1v) is 7.82. The number of rotatable bonds is 6. The van der Waals surface area contributed by atoms with Gasteiger partial charge in [-0.05, 0) is 36.2 Å². The Morgan fingerprint density at radius 1 is 0.958 bits per heavy atom. The molecule has 0 radical (unpaired) electrons. The van der Waals surface area contributed by atoms with Crippen LogP contribution in [0.3, 0.4) is 0 Å². The second-order valence-electron chi connectivity index (χ2n) is 5.54. The van der Waals surface area contributed by atoms with Gasteiger partial charge >= 0.3 is 0 Å². The quantitative estimate of drug-likeness (QED) is 0.696. The van der Waals surface area contributed by atoms with Crippen LogP contribution in [-0.2, 0) is 6.42 Å². The molecule has 2 aromatic heterocycles. The van der Waals surface area contributed by atoms with E-state index in [1.807, 2.05) is 73.9 Å². The molecular weight excluding hydrogens is 300 g/mol. The molecule has 24 heavy (non-hydrogen) atoms. The van der Waals surface area contributed by atoms with Crippen LogP contribution >= 0.6 is 0 Å². The summed E-state index contributed by atoms with van der Waals surface area (Å²) in [5.41, 5.74) is 2.27. The van der Waals surface area contributed by atoms with Gasteiger partial charge in [-0.1, -0.05) is 18.2 Å². The van der Waals surface area contributed by atoms with Crippen LogP contribution in [-0.4, -0.2) is 40.8 Å². The van der Waals surface area contributed by atoms with Crippen LogP contribution < -0.4 is 9.80 Å². The number of benzene rings is 1. The summed E-state index contributed by atoms with van der Waals surface area (Å²) < 4.78 is 0. The molecule has 0 saturated carbocycles. The van der Waals surface area contributed by atoms with Gasteiger partial charge in [0.15, 0.2) is 5.82 Å². The van der Waals surface area contributed by atoms with Gasteiger partial charge in [0.2, 0.25) is 0 Å². The fourth-order valence-corrected chi connectivity index (χ4v) is 2.34. The van der Waals surface area contributed by atoms with Crippen LogP contribution in [0.4, 0.5) is 17.5 Å². The highest BCUT2D eigenvalue weighted by Gasteiger charge is 2.10. The lowest BCUT2D eigenvalue weighted by molar-refractivity contribution is 0.831. The van der Waals surface area contributed by atoms with E-state index in [9.17, 15) is 0 Å². The van der Waals surface area contributed by atoms with Crippen molar-refractivity contribution in [2.75, 3.05) is 30.4 Å². The van der Waals surface area contributed by atoms with E-state index in [2.05, 4.69) is 25.1 Å². The van der Waals surface area contributed by atoms with Crippen molar-refractivity contribution in [3.63, 3.8) is 0 Å². The van der Waals surface area contributed by atoms with Crippen molar-refractivity contribution < 1.29 is 0 Å². The summed E-state index contributed by atoms with van der Waals surface area (Å²) in [5, 5.41) is 8.25. The zero-order chi connectivity index (χ0) is 16.8. The number of para-hydroxylation sites is 1. The van der Waals surface area contributed by atoms with Crippen LogP contribution in [0.2, 0.25) is 0 Å². The molecule has 0 amide bonds. The summed E-state index contributed by atoms with van der Waals surface area (Å²) in [6, 6.07) is 14.1. The van der Waals surface area contributed by atoms with Crippen LogP contribution in [0, 0.1) is 0 Å². The van der Waals surface area contributed by atoms with Gasteiger partial charge in [0.1, 0.15) is 0 Å². The number of aromatic nitrogens is 4. The summed E-state index contributed by atoms with van der Waals surface area (Å²) in [5.74, 6) is 1.38. The Hall–Kier alpha value is -3.02. The van der Waals surface area contributed by atoms with Crippen molar-refractivity contribution in [1.29, 1.82) is 0 Å². The molecule has 0 fully saturated rings. The van der Waals surface area contributed by atoms with Crippen LogP contribution in [0.1, 0.15) is 5.56 Å². The molecule has 122 valence electrons. The molecule has 0 saturated heterocycles. The van der Waals surface area contributed by atoms with Gasteiger partial charge in [0.05, 0.1) is 6.20 Å². The van der Waals surface area contributed by atoms with Gasteiger partial charge in [0, 0.05) is 38.7 Å². The number of nitrogens with zero attached hydrogens (tertiary/aromatic N) is 6. The highest BCUT2D eigenvalue weighted by atomic mass is 15.3.